The van der Waals surface area contributed by atoms with Crippen molar-refractivity contribution < 1.29 is 4.79 Å². The van der Waals surface area contributed by atoms with Crippen molar-refractivity contribution in [2.45, 2.75) is 34.2 Å². The highest BCUT2D eigenvalue weighted by Crippen LogP contribution is 2.20. The second-order valence-electron chi connectivity index (χ2n) is 7.12. The minimum atomic E-state index is 0.175. The number of aromatic nitrogens is 1. The molecule has 4 heteroatoms. The molecule has 1 aliphatic rings. The molecule has 1 aliphatic heterocycles. The highest BCUT2D eigenvalue weighted by atomic mass is 16.2. The molecule has 0 N–H and O–H groups in total. The number of carbonyl (C=O) groups excluding carboxylic acids is 1. The van der Waals surface area contributed by atoms with E-state index in [2.05, 4.69) is 60.6 Å². The summed E-state index contributed by atoms with van der Waals surface area (Å²) in [6.07, 6.45) is 0. The van der Waals surface area contributed by atoms with Gasteiger partial charge in [-0.1, -0.05) is 36.8 Å². The predicted octanol–water partition coefficient (Wildman–Crippen LogP) is 3.24. The smallest absolute Gasteiger partial charge is 0.270 e. The van der Waals surface area contributed by atoms with Gasteiger partial charge in [0.2, 0.25) is 0 Å². The van der Waals surface area contributed by atoms with E-state index in [0.29, 0.717) is 0 Å². The molecule has 2 heterocycles. The first-order valence-corrected chi connectivity index (χ1v) is 9.23. The van der Waals surface area contributed by atoms with E-state index in [1.54, 1.807) is 0 Å². The molecule has 0 aliphatic carbocycles. The number of piperazine rings is 1. The van der Waals surface area contributed by atoms with Gasteiger partial charge in [0.05, 0.1) is 0 Å². The van der Waals surface area contributed by atoms with Gasteiger partial charge in [0, 0.05) is 38.4 Å². The Morgan fingerprint density at radius 3 is 2.24 bits per heavy atom. The summed E-state index contributed by atoms with van der Waals surface area (Å²) in [5.74, 6) is 0.175. The average Bonchev–Trinajstić information content (AvgIpc) is 2.90. The molecule has 2 aromatic rings. The van der Waals surface area contributed by atoms with Crippen molar-refractivity contribution >= 4 is 5.91 Å². The Hall–Kier alpha value is -2.07. The largest absolute Gasteiger partial charge is 0.336 e. The van der Waals surface area contributed by atoms with E-state index >= 15 is 0 Å². The van der Waals surface area contributed by atoms with E-state index < -0.39 is 0 Å². The van der Waals surface area contributed by atoms with Gasteiger partial charge in [-0.2, -0.15) is 0 Å². The third kappa shape index (κ3) is 3.79. The van der Waals surface area contributed by atoms with Crippen LogP contribution >= 0.6 is 0 Å². The number of hydrogen-bond acceptors (Lipinski definition) is 2. The van der Waals surface area contributed by atoms with Crippen LogP contribution in [-0.4, -0.2) is 53.0 Å². The van der Waals surface area contributed by atoms with Crippen molar-refractivity contribution in [3.8, 4) is 0 Å². The first kappa shape index (κ1) is 17.7. The van der Waals surface area contributed by atoms with E-state index in [0.717, 1.165) is 56.2 Å². The summed E-state index contributed by atoms with van der Waals surface area (Å²) in [6.45, 7) is 13.8. The molecule has 25 heavy (non-hydrogen) atoms. The molecule has 4 nitrogen and oxygen atoms in total. The average molecular weight is 339 g/mol. The fourth-order valence-corrected chi connectivity index (χ4v) is 3.63. The second-order valence-corrected chi connectivity index (χ2v) is 7.12. The second kappa shape index (κ2) is 7.44. The van der Waals surface area contributed by atoms with Crippen LogP contribution in [0.2, 0.25) is 0 Å². The maximum atomic E-state index is 13.2. The van der Waals surface area contributed by atoms with Gasteiger partial charge in [0.25, 0.3) is 5.91 Å². The standard InChI is InChI=1S/C21H29N3O/c1-5-22-10-12-23(13-11-22)21(25)20-17(3)14-18(4)24(20)15-19-8-6-16(2)7-9-19/h6-9,14H,5,10-13,15H2,1-4H3. The van der Waals surface area contributed by atoms with Gasteiger partial charge in [-0.3, -0.25) is 4.79 Å². The van der Waals surface area contributed by atoms with Crippen LogP contribution in [0.4, 0.5) is 0 Å². The minimum Gasteiger partial charge on any atom is -0.336 e. The van der Waals surface area contributed by atoms with Gasteiger partial charge < -0.3 is 14.4 Å². The predicted molar refractivity (Wildman–Crippen MR) is 102 cm³/mol. The number of rotatable bonds is 4. The van der Waals surface area contributed by atoms with Crippen molar-refractivity contribution in [3.05, 3.63) is 58.4 Å². The zero-order valence-corrected chi connectivity index (χ0v) is 15.9. The van der Waals surface area contributed by atoms with Crippen LogP contribution in [0, 0.1) is 20.8 Å². The van der Waals surface area contributed by atoms with Crippen LogP contribution in [0.3, 0.4) is 0 Å². The maximum Gasteiger partial charge on any atom is 0.270 e. The lowest BCUT2D eigenvalue weighted by Crippen LogP contribution is -2.49. The number of nitrogens with zero attached hydrogens (tertiary/aromatic N) is 3. The van der Waals surface area contributed by atoms with Crippen LogP contribution in [0.15, 0.2) is 30.3 Å². The molecule has 1 aromatic carbocycles. The molecule has 1 fully saturated rings. The molecular formula is C21H29N3O. The van der Waals surface area contributed by atoms with Gasteiger partial charge in [0.15, 0.2) is 0 Å². The Morgan fingerprint density at radius 2 is 1.64 bits per heavy atom. The number of likely N-dealkylation sites (N-methyl/N-ethyl adjacent to an activating group) is 1. The fraction of sp³-hybridized carbons (Fsp3) is 0.476. The van der Waals surface area contributed by atoms with Crippen LogP contribution < -0.4 is 0 Å². The first-order valence-electron chi connectivity index (χ1n) is 9.23. The summed E-state index contributed by atoms with van der Waals surface area (Å²) in [5.41, 5.74) is 5.56. The molecule has 0 unspecified atom stereocenters. The Labute approximate surface area is 151 Å². The Balaban J connectivity index is 1.83. The lowest BCUT2D eigenvalue weighted by Gasteiger charge is -2.34. The minimum absolute atomic E-state index is 0.175. The highest BCUT2D eigenvalue weighted by Gasteiger charge is 2.25. The van der Waals surface area contributed by atoms with Crippen molar-refractivity contribution in [1.29, 1.82) is 0 Å². The molecule has 3 rings (SSSR count). The number of carbonyl (C=O) groups is 1. The summed E-state index contributed by atoms with van der Waals surface area (Å²) in [5, 5.41) is 0. The molecule has 1 saturated heterocycles. The van der Waals surface area contributed by atoms with Crippen LogP contribution in [0.5, 0.6) is 0 Å². The molecule has 1 amide bonds. The summed E-state index contributed by atoms with van der Waals surface area (Å²) >= 11 is 0. The molecule has 0 spiro atoms. The highest BCUT2D eigenvalue weighted by molar-refractivity contribution is 5.94. The van der Waals surface area contributed by atoms with Gasteiger partial charge in [-0.15, -0.1) is 0 Å². The van der Waals surface area contributed by atoms with E-state index in [9.17, 15) is 4.79 Å². The van der Waals surface area contributed by atoms with Gasteiger partial charge in [-0.05, 0) is 44.5 Å². The SMILES string of the molecule is CCN1CCN(C(=O)c2c(C)cc(C)n2Cc2ccc(C)cc2)CC1. The molecular weight excluding hydrogens is 310 g/mol. The Kier molecular flexibility index (Phi) is 5.28. The van der Waals surface area contributed by atoms with Crippen molar-refractivity contribution in [1.82, 2.24) is 14.4 Å². The normalized spacial score (nSPS) is 15.6. The van der Waals surface area contributed by atoms with Crippen molar-refractivity contribution in [3.63, 3.8) is 0 Å². The first-order chi connectivity index (χ1) is 12.0. The number of benzene rings is 1. The van der Waals surface area contributed by atoms with Gasteiger partial charge in [0.1, 0.15) is 5.69 Å². The van der Waals surface area contributed by atoms with Gasteiger partial charge >= 0.3 is 0 Å². The van der Waals surface area contributed by atoms with Crippen LogP contribution in [0.1, 0.15) is 39.8 Å². The van der Waals surface area contributed by atoms with Crippen molar-refractivity contribution in [2.24, 2.45) is 0 Å². The maximum absolute atomic E-state index is 13.2. The molecule has 0 atom stereocenters. The van der Waals surface area contributed by atoms with Crippen LogP contribution in [-0.2, 0) is 6.54 Å². The fourth-order valence-electron chi connectivity index (χ4n) is 3.63. The molecule has 0 saturated carbocycles. The molecule has 0 bridgehead atoms. The summed E-state index contributed by atoms with van der Waals surface area (Å²) in [7, 11) is 0. The summed E-state index contributed by atoms with van der Waals surface area (Å²) < 4.78 is 2.18. The quantitative estimate of drug-likeness (QED) is 0.855. The third-order valence-electron chi connectivity index (χ3n) is 5.27. The number of hydrogen-bond donors (Lipinski definition) is 0. The Morgan fingerprint density at radius 1 is 1.00 bits per heavy atom. The third-order valence-corrected chi connectivity index (χ3v) is 5.27. The zero-order chi connectivity index (χ0) is 18.0. The zero-order valence-electron chi connectivity index (χ0n) is 15.9. The summed E-state index contributed by atoms with van der Waals surface area (Å²) in [4.78, 5) is 17.6. The topological polar surface area (TPSA) is 28.5 Å². The molecule has 1 aromatic heterocycles. The van der Waals surface area contributed by atoms with E-state index in [1.807, 2.05) is 11.8 Å². The molecule has 134 valence electrons. The summed E-state index contributed by atoms with van der Waals surface area (Å²) in [6, 6.07) is 10.7. The van der Waals surface area contributed by atoms with Crippen molar-refractivity contribution in [2.75, 3.05) is 32.7 Å². The van der Waals surface area contributed by atoms with E-state index in [4.69, 9.17) is 0 Å². The van der Waals surface area contributed by atoms with Crippen LogP contribution in [0.25, 0.3) is 0 Å². The van der Waals surface area contributed by atoms with Gasteiger partial charge in [-0.25, -0.2) is 0 Å². The number of aryl methyl sites for hydroxylation is 3. The molecule has 0 radical (unpaired) electrons. The number of amides is 1. The lowest BCUT2D eigenvalue weighted by molar-refractivity contribution is 0.0632. The monoisotopic (exact) mass is 339 g/mol. The van der Waals surface area contributed by atoms with E-state index in [-0.39, 0.29) is 5.91 Å². The van der Waals surface area contributed by atoms with E-state index in [1.165, 1.54) is 11.1 Å². The lowest BCUT2D eigenvalue weighted by atomic mass is 10.1. The Bertz CT molecular complexity index is 737.